The van der Waals surface area contributed by atoms with Gasteiger partial charge in [0.25, 0.3) is 0 Å². The maximum atomic E-state index is 13.0. The molecular weight excluding hydrogens is 1110 g/mol. The van der Waals surface area contributed by atoms with E-state index in [2.05, 4.69) is 55.4 Å². The van der Waals surface area contributed by atoms with E-state index in [1.807, 2.05) is 0 Å². The summed E-state index contributed by atoms with van der Waals surface area (Å²) in [5.74, 6) is 0.742. The normalized spacial score (nSPS) is 14.7. The summed E-state index contributed by atoms with van der Waals surface area (Å²) >= 11 is 0. The highest BCUT2D eigenvalue weighted by Gasteiger charge is 2.30. The lowest BCUT2D eigenvalue weighted by atomic mass is 10.00. The molecule has 0 saturated carbocycles. The van der Waals surface area contributed by atoms with Gasteiger partial charge in [-0.3, -0.25) is 37.3 Å². The van der Waals surface area contributed by atoms with E-state index < -0.39 is 97.5 Å². The predicted octanol–water partition coefficient (Wildman–Crippen LogP) is 17.8. The van der Waals surface area contributed by atoms with Crippen LogP contribution in [-0.4, -0.2) is 96.7 Å². The number of ether oxygens (including phenoxy) is 4. The Hall–Kier alpha value is -1.94. The number of esters is 4. The van der Waals surface area contributed by atoms with Crippen LogP contribution >= 0.6 is 15.6 Å². The van der Waals surface area contributed by atoms with Gasteiger partial charge in [-0.15, -0.1) is 0 Å². The summed E-state index contributed by atoms with van der Waals surface area (Å²) in [6.45, 7) is 13.9. The summed E-state index contributed by atoms with van der Waals surface area (Å²) in [6.07, 6.45) is 35.1. The van der Waals surface area contributed by atoms with E-state index in [4.69, 9.17) is 37.0 Å². The molecule has 0 bridgehead atoms. The molecule has 0 radical (unpaired) electrons. The highest BCUT2D eigenvalue weighted by Crippen LogP contribution is 2.45. The number of phosphoric acid groups is 2. The molecule has 0 aliphatic heterocycles. The average Bonchev–Trinajstić information content (AvgIpc) is 3.50. The molecular formula is C65H126O17P2. The third kappa shape index (κ3) is 57.8. The van der Waals surface area contributed by atoms with Crippen molar-refractivity contribution < 1.29 is 80.2 Å². The number of aliphatic hydroxyl groups excluding tert-OH is 1. The average molecular weight is 1240 g/mol. The van der Waals surface area contributed by atoms with Gasteiger partial charge < -0.3 is 33.8 Å². The maximum Gasteiger partial charge on any atom is 0.472 e. The molecule has 0 spiro atoms. The SMILES string of the molecule is CCC(C)CCCCCCCCC(=O)OC[C@H](COP(=O)(O)OC[C@@H](O)COP(=O)(O)OC[C@@H](COC(=O)CCCCCCCCC(C)C)OC(=O)CCCCCCCCCCCCCCC(C)C)OC(=O)CCCCCCCCCC(C)C. The van der Waals surface area contributed by atoms with Gasteiger partial charge in [-0.25, -0.2) is 9.13 Å². The fraction of sp³-hybridized carbons (Fsp3) is 0.938. The number of hydrogen-bond acceptors (Lipinski definition) is 15. The van der Waals surface area contributed by atoms with Crippen molar-refractivity contribution in [2.24, 2.45) is 23.7 Å². The summed E-state index contributed by atoms with van der Waals surface area (Å²) in [6, 6.07) is 0. The zero-order valence-corrected chi connectivity index (χ0v) is 56.3. The van der Waals surface area contributed by atoms with Crippen LogP contribution in [0.25, 0.3) is 0 Å². The van der Waals surface area contributed by atoms with Gasteiger partial charge in [-0.05, 0) is 49.4 Å². The largest absolute Gasteiger partial charge is 0.472 e. The minimum absolute atomic E-state index is 0.102. The zero-order chi connectivity index (χ0) is 62.5. The zero-order valence-electron chi connectivity index (χ0n) is 54.5. The third-order valence-electron chi connectivity index (χ3n) is 15.2. The first kappa shape index (κ1) is 82.1. The molecule has 0 aromatic carbocycles. The van der Waals surface area contributed by atoms with Gasteiger partial charge in [0.05, 0.1) is 26.4 Å². The molecule has 3 N–H and O–H groups in total. The fourth-order valence-electron chi connectivity index (χ4n) is 9.57. The molecule has 498 valence electrons. The van der Waals surface area contributed by atoms with E-state index in [0.717, 1.165) is 115 Å². The summed E-state index contributed by atoms with van der Waals surface area (Å²) in [5, 5.41) is 10.5. The van der Waals surface area contributed by atoms with Crippen LogP contribution < -0.4 is 0 Å². The van der Waals surface area contributed by atoms with Crippen molar-refractivity contribution in [3.05, 3.63) is 0 Å². The molecule has 0 amide bonds. The highest BCUT2D eigenvalue weighted by atomic mass is 31.2. The molecule has 17 nitrogen and oxygen atoms in total. The Morgan fingerprint density at radius 3 is 0.845 bits per heavy atom. The predicted molar refractivity (Wildman–Crippen MR) is 335 cm³/mol. The summed E-state index contributed by atoms with van der Waals surface area (Å²) in [4.78, 5) is 72.2. The number of hydrogen-bond donors (Lipinski definition) is 3. The molecule has 6 atom stereocenters. The maximum absolute atomic E-state index is 13.0. The van der Waals surface area contributed by atoms with Crippen molar-refractivity contribution in [3.8, 4) is 0 Å². The van der Waals surface area contributed by atoms with Crippen LogP contribution in [-0.2, 0) is 65.4 Å². The van der Waals surface area contributed by atoms with Gasteiger partial charge in [0.2, 0.25) is 0 Å². The van der Waals surface area contributed by atoms with Crippen LogP contribution in [0.5, 0.6) is 0 Å². The molecule has 0 aromatic heterocycles. The first-order chi connectivity index (χ1) is 40.1. The first-order valence-electron chi connectivity index (χ1n) is 33.7. The Bertz CT molecular complexity index is 1680. The topological polar surface area (TPSA) is 237 Å². The van der Waals surface area contributed by atoms with E-state index in [1.165, 1.54) is 103 Å². The van der Waals surface area contributed by atoms with Crippen molar-refractivity contribution in [3.63, 3.8) is 0 Å². The second-order valence-corrected chi connectivity index (χ2v) is 28.1. The number of carbonyl (C=O) groups excluding carboxylic acids is 4. The second kappa shape index (κ2) is 55.2. The first-order valence-corrected chi connectivity index (χ1v) is 36.7. The lowest BCUT2D eigenvalue weighted by molar-refractivity contribution is -0.161. The number of aliphatic hydroxyl groups is 1. The van der Waals surface area contributed by atoms with Gasteiger partial charge in [-0.2, -0.15) is 0 Å². The molecule has 0 aliphatic carbocycles. The number of carbonyl (C=O) groups is 4. The Morgan fingerprint density at radius 2 is 0.571 bits per heavy atom. The molecule has 0 rings (SSSR count). The van der Waals surface area contributed by atoms with E-state index in [0.29, 0.717) is 37.5 Å². The number of phosphoric ester groups is 2. The van der Waals surface area contributed by atoms with Crippen molar-refractivity contribution in [1.29, 1.82) is 0 Å². The van der Waals surface area contributed by atoms with Crippen LogP contribution in [0.1, 0.15) is 312 Å². The number of rotatable bonds is 62. The van der Waals surface area contributed by atoms with E-state index in [1.54, 1.807) is 0 Å². The van der Waals surface area contributed by atoms with Crippen molar-refractivity contribution in [2.75, 3.05) is 39.6 Å². The van der Waals surface area contributed by atoms with Crippen molar-refractivity contribution >= 4 is 39.5 Å². The molecule has 84 heavy (non-hydrogen) atoms. The van der Waals surface area contributed by atoms with Crippen molar-refractivity contribution in [1.82, 2.24) is 0 Å². The van der Waals surface area contributed by atoms with Gasteiger partial charge in [0.15, 0.2) is 12.2 Å². The highest BCUT2D eigenvalue weighted by molar-refractivity contribution is 7.47. The van der Waals surface area contributed by atoms with Crippen LogP contribution in [0.4, 0.5) is 0 Å². The Balaban J connectivity index is 5.23. The van der Waals surface area contributed by atoms with Crippen LogP contribution in [0, 0.1) is 23.7 Å². The van der Waals surface area contributed by atoms with Gasteiger partial charge in [0, 0.05) is 25.7 Å². The number of unbranched alkanes of at least 4 members (excludes halogenated alkanes) is 27. The lowest BCUT2D eigenvalue weighted by Crippen LogP contribution is -2.30. The Morgan fingerprint density at radius 1 is 0.333 bits per heavy atom. The van der Waals surface area contributed by atoms with Gasteiger partial charge in [-0.1, -0.05) is 261 Å². The lowest BCUT2D eigenvalue weighted by Gasteiger charge is -2.21. The second-order valence-electron chi connectivity index (χ2n) is 25.2. The summed E-state index contributed by atoms with van der Waals surface area (Å²) < 4.78 is 68.0. The standard InChI is InChI=1S/C65H126O17P2/c1-9-58(8)44-36-28-22-24-30-38-46-63(68)76-52-61(82-65(70)48-40-32-20-16-18-26-34-42-56(4)5)54-80-84(73,74)78-50-59(66)49-77-83(71,72)79-53-60(51-75-62(67)45-37-29-23-21-27-35-43-57(6)7)81-64(69)47-39-31-19-15-13-11-10-12-14-17-25-33-41-55(2)3/h55-61,66H,9-54H2,1-8H3,(H,71,72)(H,73,74)/t58?,59-,60+,61+/m0/s1. The van der Waals surface area contributed by atoms with Crippen molar-refractivity contribution in [2.45, 2.75) is 331 Å². The minimum Gasteiger partial charge on any atom is -0.462 e. The van der Waals surface area contributed by atoms with E-state index >= 15 is 0 Å². The third-order valence-corrected chi connectivity index (χ3v) is 17.1. The van der Waals surface area contributed by atoms with Gasteiger partial charge in [0.1, 0.15) is 19.3 Å². The van der Waals surface area contributed by atoms with Gasteiger partial charge >= 0.3 is 39.5 Å². The Kier molecular flexibility index (Phi) is 53.9. The van der Waals surface area contributed by atoms with E-state index in [9.17, 15) is 43.2 Å². The molecule has 0 heterocycles. The quantitative estimate of drug-likeness (QED) is 0.0222. The molecule has 0 aliphatic rings. The van der Waals surface area contributed by atoms with Crippen LogP contribution in [0.2, 0.25) is 0 Å². The molecule has 19 heteroatoms. The molecule has 3 unspecified atom stereocenters. The molecule has 0 saturated heterocycles. The summed E-state index contributed by atoms with van der Waals surface area (Å²) in [5.41, 5.74) is 0. The monoisotopic (exact) mass is 1240 g/mol. The minimum atomic E-state index is -4.95. The molecule has 0 aromatic rings. The smallest absolute Gasteiger partial charge is 0.462 e. The summed E-state index contributed by atoms with van der Waals surface area (Å²) in [7, 11) is -9.89. The fourth-order valence-corrected chi connectivity index (χ4v) is 11.2. The molecule has 0 fully saturated rings. The Labute approximate surface area is 511 Å². The van der Waals surface area contributed by atoms with E-state index in [-0.39, 0.29) is 25.7 Å². The van der Waals surface area contributed by atoms with Crippen LogP contribution in [0.15, 0.2) is 0 Å². The van der Waals surface area contributed by atoms with Crippen LogP contribution in [0.3, 0.4) is 0 Å².